The fourth-order valence-electron chi connectivity index (χ4n) is 1.72. The normalized spacial score (nSPS) is 11.2. The van der Waals surface area contributed by atoms with Gasteiger partial charge in [0, 0.05) is 26.3 Å². The fourth-order valence-corrected chi connectivity index (χ4v) is 1.72. The summed E-state index contributed by atoms with van der Waals surface area (Å²) in [7, 11) is 1.57. The Morgan fingerprint density at radius 1 is 1.48 bits per heavy atom. The van der Waals surface area contributed by atoms with E-state index in [-0.39, 0.29) is 11.3 Å². The number of para-hydroxylation sites is 1. The maximum Gasteiger partial charge on any atom is 0.276 e. The van der Waals surface area contributed by atoms with Crippen molar-refractivity contribution in [2.45, 2.75) is 6.42 Å². The minimum absolute atomic E-state index is 0.0420. The second kappa shape index (κ2) is 9.87. The van der Waals surface area contributed by atoms with Crippen molar-refractivity contribution < 1.29 is 14.5 Å². The van der Waals surface area contributed by atoms with E-state index in [0.29, 0.717) is 25.1 Å². The number of carbonyl (C=O) groups excluding carboxylic acids is 1. The lowest BCUT2D eigenvalue weighted by atomic mass is 10.1. The number of methoxy groups -OCH3 is 1. The van der Waals surface area contributed by atoms with Gasteiger partial charge < -0.3 is 10.1 Å². The number of hydrogen-bond donors (Lipinski definition) is 1. The number of allylic oxidation sites excluding steroid dienone is 2. The summed E-state index contributed by atoms with van der Waals surface area (Å²) >= 11 is 0. The van der Waals surface area contributed by atoms with E-state index >= 15 is 0 Å². The average molecular weight is 315 g/mol. The van der Waals surface area contributed by atoms with E-state index < -0.39 is 10.8 Å². The second-order valence-corrected chi connectivity index (χ2v) is 4.47. The number of carbonyl (C=O) groups is 1. The molecule has 0 radical (unpaired) electrons. The van der Waals surface area contributed by atoms with Crippen molar-refractivity contribution in [3.05, 3.63) is 57.7 Å². The van der Waals surface area contributed by atoms with Crippen LogP contribution >= 0.6 is 0 Å². The van der Waals surface area contributed by atoms with Crippen molar-refractivity contribution in [3.8, 4) is 6.07 Å². The number of benzene rings is 1. The molecule has 120 valence electrons. The maximum absolute atomic E-state index is 11.8. The summed E-state index contributed by atoms with van der Waals surface area (Å²) in [6, 6.07) is 8.01. The summed E-state index contributed by atoms with van der Waals surface area (Å²) in [4.78, 5) is 22.2. The summed E-state index contributed by atoms with van der Waals surface area (Å²) in [6.45, 7) is 0.920. The van der Waals surface area contributed by atoms with Crippen molar-refractivity contribution in [2.24, 2.45) is 0 Å². The number of nitriles is 1. The van der Waals surface area contributed by atoms with Gasteiger partial charge in [-0.1, -0.05) is 18.2 Å². The molecule has 0 atom stereocenters. The third kappa shape index (κ3) is 6.11. The number of amides is 1. The third-order valence-electron chi connectivity index (χ3n) is 2.85. The van der Waals surface area contributed by atoms with E-state index in [2.05, 4.69) is 5.32 Å². The van der Waals surface area contributed by atoms with Crippen LogP contribution < -0.4 is 5.32 Å². The van der Waals surface area contributed by atoms with E-state index in [4.69, 9.17) is 10.00 Å². The molecule has 0 fully saturated rings. The van der Waals surface area contributed by atoms with Gasteiger partial charge in [0.1, 0.15) is 11.6 Å². The highest BCUT2D eigenvalue weighted by Gasteiger charge is 2.09. The lowest BCUT2D eigenvalue weighted by molar-refractivity contribution is -0.385. The van der Waals surface area contributed by atoms with Crippen LogP contribution in [0.2, 0.25) is 0 Å². The van der Waals surface area contributed by atoms with Gasteiger partial charge in [0.25, 0.3) is 11.6 Å². The Morgan fingerprint density at radius 2 is 2.22 bits per heavy atom. The molecule has 0 heterocycles. The molecule has 1 aromatic carbocycles. The zero-order valence-electron chi connectivity index (χ0n) is 12.7. The molecule has 0 aliphatic carbocycles. The number of nitro groups is 1. The first-order valence-electron chi connectivity index (χ1n) is 6.89. The van der Waals surface area contributed by atoms with Gasteiger partial charge in [-0.3, -0.25) is 14.9 Å². The molecule has 0 saturated carbocycles. The van der Waals surface area contributed by atoms with E-state index in [1.54, 1.807) is 31.4 Å². The molecule has 0 aliphatic rings. The van der Waals surface area contributed by atoms with Crippen LogP contribution in [-0.4, -0.2) is 31.1 Å². The molecule has 1 aromatic rings. The van der Waals surface area contributed by atoms with Crippen molar-refractivity contribution in [1.82, 2.24) is 5.32 Å². The van der Waals surface area contributed by atoms with E-state index in [0.717, 1.165) is 0 Å². The number of hydrogen-bond acceptors (Lipinski definition) is 5. The van der Waals surface area contributed by atoms with Gasteiger partial charge in [0.2, 0.25) is 0 Å². The van der Waals surface area contributed by atoms with Crippen LogP contribution in [0.1, 0.15) is 12.0 Å². The molecule has 0 unspecified atom stereocenters. The molecular weight excluding hydrogens is 298 g/mol. The van der Waals surface area contributed by atoms with Gasteiger partial charge in [-0.15, -0.1) is 0 Å². The molecule has 1 N–H and O–H groups in total. The van der Waals surface area contributed by atoms with E-state index in [1.807, 2.05) is 0 Å². The van der Waals surface area contributed by atoms with Crippen LogP contribution in [0, 0.1) is 21.4 Å². The number of nitro benzene ring substituents is 1. The molecular formula is C16H17N3O4. The van der Waals surface area contributed by atoms with Crippen LogP contribution in [-0.2, 0) is 9.53 Å². The molecule has 0 saturated heterocycles. The molecule has 7 nitrogen and oxygen atoms in total. The van der Waals surface area contributed by atoms with Gasteiger partial charge in [-0.2, -0.15) is 5.26 Å². The van der Waals surface area contributed by atoms with Gasteiger partial charge >= 0.3 is 0 Å². The Bertz CT molecular complexity index is 660. The second-order valence-electron chi connectivity index (χ2n) is 4.47. The standard InChI is InChI=1S/C16H17N3O4/c1-23-11-5-10-18-16(20)14(12-17)8-4-7-13-6-2-3-9-15(13)19(21)22/h2-4,6-9H,5,10-11H2,1H3,(H,18,20)/b7-4?,14-8+. The van der Waals surface area contributed by atoms with Crippen LogP contribution in [0.4, 0.5) is 5.69 Å². The van der Waals surface area contributed by atoms with E-state index in [1.165, 1.54) is 24.3 Å². The van der Waals surface area contributed by atoms with Gasteiger partial charge in [-0.05, 0) is 24.6 Å². The molecule has 0 bridgehead atoms. The predicted octanol–water partition coefficient (Wildman–Crippen LogP) is 2.21. The first-order valence-corrected chi connectivity index (χ1v) is 6.89. The Balaban J connectivity index is 2.75. The summed E-state index contributed by atoms with van der Waals surface area (Å²) in [5.74, 6) is -0.490. The molecule has 1 rings (SSSR count). The largest absolute Gasteiger partial charge is 0.385 e. The van der Waals surface area contributed by atoms with Gasteiger partial charge in [0.15, 0.2) is 0 Å². The van der Waals surface area contributed by atoms with Crippen molar-refractivity contribution in [1.29, 1.82) is 5.26 Å². The molecule has 0 aromatic heterocycles. The van der Waals surface area contributed by atoms with Crippen molar-refractivity contribution >= 4 is 17.7 Å². The van der Waals surface area contributed by atoms with E-state index in [9.17, 15) is 14.9 Å². The van der Waals surface area contributed by atoms with Crippen molar-refractivity contribution in [2.75, 3.05) is 20.3 Å². The molecule has 0 aliphatic heterocycles. The lowest BCUT2D eigenvalue weighted by Gasteiger charge is -2.02. The average Bonchev–Trinajstić information content (AvgIpc) is 2.55. The highest BCUT2D eigenvalue weighted by molar-refractivity contribution is 5.97. The Hall–Kier alpha value is -2.98. The van der Waals surface area contributed by atoms with Crippen LogP contribution in [0.15, 0.2) is 42.0 Å². The first kappa shape index (κ1) is 18.1. The van der Waals surface area contributed by atoms with Crippen LogP contribution in [0.25, 0.3) is 6.08 Å². The fraction of sp³-hybridized carbons (Fsp3) is 0.250. The maximum atomic E-state index is 11.8. The summed E-state index contributed by atoms with van der Waals surface area (Å²) in [6.07, 6.45) is 4.89. The first-order chi connectivity index (χ1) is 11.1. The summed E-state index contributed by atoms with van der Waals surface area (Å²) < 4.78 is 4.86. The molecule has 0 spiro atoms. The van der Waals surface area contributed by atoms with Crippen LogP contribution in [0.5, 0.6) is 0 Å². The quantitative estimate of drug-likeness (QED) is 0.198. The summed E-state index contributed by atoms with van der Waals surface area (Å²) in [5, 5.41) is 22.5. The van der Waals surface area contributed by atoms with Gasteiger partial charge in [-0.25, -0.2) is 0 Å². The molecule has 23 heavy (non-hydrogen) atoms. The predicted molar refractivity (Wildman–Crippen MR) is 85.3 cm³/mol. The minimum Gasteiger partial charge on any atom is -0.385 e. The highest BCUT2D eigenvalue weighted by atomic mass is 16.6. The molecule has 7 heteroatoms. The zero-order chi connectivity index (χ0) is 17.1. The van der Waals surface area contributed by atoms with Gasteiger partial charge in [0.05, 0.1) is 10.5 Å². The monoisotopic (exact) mass is 315 g/mol. The SMILES string of the molecule is COCCCNC(=O)/C(C#N)=C/C=Cc1ccccc1[N+](=O)[O-]. The van der Waals surface area contributed by atoms with Crippen LogP contribution in [0.3, 0.4) is 0 Å². The number of ether oxygens (including phenoxy) is 1. The highest BCUT2D eigenvalue weighted by Crippen LogP contribution is 2.18. The topological polar surface area (TPSA) is 105 Å². The number of nitrogens with zero attached hydrogens (tertiary/aromatic N) is 2. The number of rotatable bonds is 8. The lowest BCUT2D eigenvalue weighted by Crippen LogP contribution is -2.26. The van der Waals surface area contributed by atoms with Crippen molar-refractivity contribution in [3.63, 3.8) is 0 Å². The third-order valence-corrected chi connectivity index (χ3v) is 2.85. The molecule has 1 amide bonds. The smallest absolute Gasteiger partial charge is 0.276 e. The summed E-state index contributed by atoms with van der Waals surface area (Å²) in [5.41, 5.74) is 0.281. The Labute approximate surface area is 134 Å². The number of nitrogens with one attached hydrogen (secondary N) is 1. The zero-order valence-corrected chi connectivity index (χ0v) is 12.7. The Kier molecular flexibility index (Phi) is 7.75. The Morgan fingerprint density at radius 3 is 2.87 bits per heavy atom. The minimum atomic E-state index is -0.490.